The van der Waals surface area contributed by atoms with Crippen LogP contribution in [0.25, 0.3) is 21.3 Å². The molecule has 4 rings (SSSR count). The Kier molecular flexibility index (Phi) is 6.07. The fourth-order valence-electron chi connectivity index (χ4n) is 3.18. The Labute approximate surface area is 188 Å². The quantitative estimate of drug-likeness (QED) is 0.277. The number of thioether (sulfide) groups is 1. The molecular weight excluding hydrogens is 429 g/mol. The summed E-state index contributed by atoms with van der Waals surface area (Å²) in [6, 6.07) is 14.3. The zero-order valence-corrected chi connectivity index (χ0v) is 19.1. The van der Waals surface area contributed by atoms with Crippen LogP contribution in [0.1, 0.15) is 26.3 Å². The van der Waals surface area contributed by atoms with Gasteiger partial charge in [0.2, 0.25) is 5.91 Å². The normalized spacial score (nSPS) is 11.6. The minimum atomic E-state index is -0.277. The van der Waals surface area contributed by atoms with Gasteiger partial charge in [0, 0.05) is 16.6 Å². The van der Waals surface area contributed by atoms with Crippen LogP contribution in [-0.4, -0.2) is 21.6 Å². The summed E-state index contributed by atoms with van der Waals surface area (Å²) in [5.41, 5.74) is 3.90. The average Bonchev–Trinajstić information content (AvgIpc) is 3.17. The van der Waals surface area contributed by atoms with Crippen molar-refractivity contribution in [1.29, 1.82) is 0 Å². The third-order valence-electron chi connectivity index (χ3n) is 4.87. The first-order chi connectivity index (χ1) is 14.8. The van der Waals surface area contributed by atoms with E-state index in [0.29, 0.717) is 0 Å². The lowest BCUT2D eigenvalue weighted by Gasteiger charge is -2.19. The number of anilines is 1. The molecule has 0 radical (unpaired) electrons. The summed E-state index contributed by atoms with van der Waals surface area (Å²) < 4.78 is 13.3. The van der Waals surface area contributed by atoms with Crippen LogP contribution in [-0.2, 0) is 10.2 Å². The van der Waals surface area contributed by atoms with Crippen molar-refractivity contribution in [1.82, 2.24) is 9.97 Å². The van der Waals surface area contributed by atoms with E-state index in [1.165, 1.54) is 47.1 Å². The monoisotopic (exact) mass is 451 g/mol. The molecule has 7 heteroatoms. The van der Waals surface area contributed by atoms with Gasteiger partial charge in [-0.3, -0.25) is 4.79 Å². The maximum Gasteiger partial charge on any atom is 0.234 e. The number of carbonyl (C=O) groups is 1. The van der Waals surface area contributed by atoms with E-state index in [-0.39, 0.29) is 22.9 Å². The van der Waals surface area contributed by atoms with Crippen molar-refractivity contribution in [2.45, 2.75) is 31.2 Å². The fourth-order valence-corrected chi connectivity index (χ4v) is 4.98. The Balaban J connectivity index is 1.49. The Hall–Kier alpha value is -2.77. The van der Waals surface area contributed by atoms with Crippen molar-refractivity contribution >= 4 is 44.9 Å². The molecule has 0 aliphatic heterocycles. The highest BCUT2D eigenvalue weighted by atomic mass is 32.2. The highest BCUT2D eigenvalue weighted by Crippen LogP contribution is 2.37. The highest BCUT2D eigenvalue weighted by molar-refractivity contribution is 8.00. The number of aromatic nitrogens is 2. The van der Waals surface area contributed by atoms with Gasteiger partial charge in [0.25, 0.3) is 0 Å². The van der Waals surface area contributed by atoms with Crippen molar-refractivity contribution in [2.75, 3.05) is 11.1 Å². The van der Waals surface area contributed by atoms with E-state index < -0.39 is 0 Å². The van der Waals surface area contributed by atoms with Crippen molar-refractivity contribution in [3.05, 3.63) is 71.6 Å². The molecule has 2 aromatic carbocycles. The summed E-state index contributed by atoms with van der Waals surface area (Å²) >= 11 is 2.88. The number of nitrogens with one attached hydrogen (secondary N) is 1. The third-order valence-corrected chi connectivity index (χ3v) is 6.74. The van der Waals surface area contributed by atoms with Crippen LogP contribution < -0.4 is 5.32 Å². The molecule has 0 fully saturated rings. The van der Waals surface area contributed by atoms with Crippen molar-refractivity contribution < 1.29 is 9.18 Å². The molecule has 158 valence electrons. The summed E-state index contributed by atoms with van der Waals surface area (Å²) in [7, 11) is 0. The molecule has 2 heterocycles. The fraction of sp³-hybridized carbons (Fsp3) is 0.208. The molecule has 1 amide bonds. The first kappa shape index (κ1) is 21.5. The van der Waals surface area contributed by atoms with E-state index in [4.69, 9.17) is 0 Å². The molecule has 0 saturated carbocycles. The van der Waals surface area contributed by atoms with Crippen LogP contribution in [0.5, 0.6) is 0 Å². The van der Waals surface area contributed by atoms with E-state index in [1.54, 1.807) is 12.1 Å². The number of thiophene rings is 1. The van der Waals surface area contributed by atoms with Crippen LogP contribution in [0.4, 0.5) is 10.1 Å². The SMILES string of the molecule is CC(C)(C)c1ccc(NC(=O)CSc2ncnc3scc(-c4ccc(F)cc4)c23)cc1. The number of hydrogen-bond donors (Lipinski definition) is 1. The lowest BCUT2D eigenvalue weighted by Crippen LogP contribution is -2.15. The van der Waals surface area contributed by atoms with Gasteiger partial charge in [-0.25, -0.2) is 14.4 Å². The maximum atomic E-state index is 13.3. The van der Waals surface area contributed by atoms with Gasteiger partial charge < -0.3 is 5.32 Å². The zero-order chi connectivity index (χ0) is 22.0. The number of amides is 1. The van der Waals surface area contributed by atoms with Crippen molar-refractivity contribution in [2.24, 2.45) is 0 Å². The van der Waals surface area contributed by atoms with Crippen LogP contribution in [0.15, 0.2) is 65.3 Å². The second-order valence-electron chi connectivity index (χ2n) is 8.18. The molecule has 0 aliphatic rings. The Morgan fingerprint density at radius 2 is 1.77 bits per heavy atom. The molecule has 0 bridgehead atoms. The average molecular weight is 452 g/mol. The summed E-state index contributed by atoms with van der Waals surface area (Å²) in [5, 5.41) is 6.57. The number of fused-ring (bicyclic) bond motifs is 1. The van der Waals surface area contributed by atoms with Crippen LogP contribution in [0.3, 0.4) is 0 Å². The van der Waals surface area contributed by atoms with E-state index in [2.05, 4.69) is 36.1 Å². The molecule has 1 N–H and O–H groups in total. The molecule has 0 spiro atoms. The van der Waals surface area contributed by atoms with Crippen molar-refractivity contribution in [3.8, 4) is 11.1 Å². The summed E-state index contributed by atoms with van der Waals surface area (Å²) in [6.45, 7) is 6.47. The Bertz CT molecular complexity index is 1210. The second kappa shape index (κ2) is 8.77. The zero-order valence-electron chi connectivity index (χ0n) is 17.5. The number of rotatable bonds is 5. The van der Waals surface area contributed by atoms with Gasteiger partial charge in [-0.15, -0.1) is 11.3 Å². The smallest absolute Gasteiger partial charge is 0.234 e. The number of halogens is 1. The predicted molar refractivity (Wildman–Crippen MR) is 127 cm³/mol. The maximum absolute atomic E-state index is 13.3. The van der Waals surface area contributed by atoms with Gasteiger partial charge >= 0.3 is 0 Å². The molecule has 2 aromatic heterocycles. The van der Waals surface area contributed by atoms with Crippen LogP contribution >= 0.6 is 23.1 Å². The molecule has 4 aromatic rings. The lowest BCUT2D eigenvalue weighted by molar-refractivity contribution is -0.113. The van der Waals surface area contributed by atoms with Crippen molar-refractivity contribution in [3.63, 3.8) is 0 Å². The van der Waals surface area contributed by atoms with Crippen LogP contribution in [0, 0.1) is 5.82 Å². The van der Waals surface area contributed by atoms with Gasteiger partial charge in [0.1, 0.15) is 22.0 Å². The van der Waals surface area contributed by atoms with Crippen LogP contribution in [0.2, 0.25) is 0 Å². The standard InChI is InChI=1S/C24H22FN3OS2/c1-24(2,3)16-6-10-18(11-7-16)28-20(29)13-31-23-21-19(12-30-22(21)26-14-27-23)15-4-8-17(25)9-5-15/h4-12,14H,13H2,1-3H3,(H,28,29). The molecule has 0 aliphatic carbocycles. The molecular formula is C24H22FN3OS2. The Morgan fingerprint density at radius 1 is 1.06 bits per heavy atom. The predicted octanol–water partition coefficient (Wildman–Crippen LogP) is 6.53. The molecule has 0 atom stereocenters. The van der Waals surface area contributed by atoms with Gasteiger partial charge in [-0.2, -0.15) is 0 Å². The minimum Gasteiger partial charge on any atom is -0.325 e. The highest BCUT2D eigenvalue weighted by Gasteiger charge is 2.16. The van der Waals surface area contributed by atoms with Gasteiger partial charge in [0.15, 0.2) is 0 Å². The largest absolute Gasteiger partial charge is 0.325 e. The van der Waals surface area contributed by atoms with E-state index >= 15 is 0 Å². The van der Waals surface area contributed by atoms with E-state index in [9.17, 15) is 9.18 Å². The molecule has 31 heavy (non-hydrogen) atoms. The first-order valence-electron chi connectivity index (χ1n) is 9.82. The summed E-state index contributed by atoms with van der Waals surface area (Å²) in [6.07, 6.45) is 1.51. The molecule has 0 unspecified atom stereocenters. The van der Waals surface area contributed by atoms with Gasteiger partial charge in [0.05, 0.1) is 11.1 Å². The van der Waals surface area contributed by atoms with Gasteiger partial charge in [-0.05, 0) is 40.8 Å². The number of carbonyl (C=O) groups excluding carboxylic acids is 1. The third kappa shape index (κ3) is 4.94. The van der Waals surface area contributed by atoms with Gasteiger partial charge in [-0.1, -0.05) is 56.8 Å². The van der Waals surface area contributed by atoms with E-state index in [1.807, 2.05) is 29.6 Å². The Morgan fingerprint density at radius 3 is 2.45 bits per heavy atom. The topological polar surface area (TPSA) is 54.9 Å². The van der Waals surface area contributed by atoms with E-state index in [0.717, 1.165) is 32.1 Å². The number of benzene rings is 2. The first-order valence-corrected chi connectivity index (χ1v) is 11.7. The summed E-state index contributed by atoms with van der Waals surface area (Å²) in [5.74, 6) is -0.147. The summed E-state index contributed by atoms with van der Waals surface area (Å²) in [4.78, 5) is 22.1. The molecule has 4 nitrogen and oxygen atoms in total. The number of hydrogen-bond acceptors (Lipinski definition) is 5. The molecule has 0 saturated heterocycles. The lowest BCUT2D eigenvalue weighted by atomic mass is 9.87. The minimum absolute atomic E-state index is 0.0690. The number of nitrogens with zero attached hydrogens (tertiary/aromatic N) is 2. The second-order valence-corrected chi connectivity index (χ2v) is 10.0.